The van der Waals surface area contributed by atoms with Crippen molar-refractivity contribution in [3.63, 3.8) is 0 Å². The number of anilines is 1. The third kappa shape index (κ3) is 6.42. The number of carbonyl (C=O) groups excluding carboxylic acids is 4. The molecule has 0 bridgehead atoms. The van der Waals surface area contributed by atoms with E-state index in [1.807, 2.05) is 62.2 Å². The summed E-state index contributed by atoms with van der Waals surface area (Å²) in [7, 11) is 1.92. The second-order valence-corrected chi connectivity index (χ2v) is 12.3. The van der Waals surface area contributed by atoms with Crippen molar-refractivity contribution in [3.8, 4) is 0 Å². The highest BCUT2D eigenvalue weighted by Crippen LogP contribution is 2.34. The first kappa shape index (κ1) is 30.3. The largest absolute Gasteiger partial charge is 0.334 e. The molecule has 0 saturated carbocycles. The summed E-state index contributed by atoms with van der Waals surface area (Å²) in [4.78, 5) is 64.0. The number of hydrogen-bond donors (Lipinski definition) is 1. The van der Waals surface area contributed by atoms with E-state index in [0.29, 0.717) is 35.7 Å². The molecule has 1 atom stereocenters. The molecule has 3 aliphatic heterocycles. The van der Waals surface area contributed by atoms with E-state index in [-0.39, 0.29) is 24.1 Å². The predicted molar refractivity (Wildman–Crippen MR) is 172 cm³/mol. The summed E-state index contributed by atoms with van der Waals surface area (Å²) < 4.78 is 0. The summed E-state index contributed by atoms with van der Waals surface area (Å²) in [5.74, 6) is -0.424. The Morgan fingerprint density at radius 1 is 1.02 bits per heavy atom. The van der Waals surface area contributed by atoms with E-state index in [1.54, 1.807) is 11.2 Å². The number of aryl methyl sites for hydroxylation is 2. The number of rotatable bonds is 8. The molecule has 6 rings (SSSR count). The van der Waals surface area contributed by atoms with Gasteiger partial charge in [0.25, 0.3) is 5.91 Å². The van der Waals surface area contributed by atoms with Crippen LogP contribution in [0.1, 0.15) is 80.4 Å². The number of aldehydes is 1. The molecule has 10 heteroatoms. The molecule has 0 spiro atoms. The fourth-order valence-electron chi connectivity index (χ4n) is 6.71. The van der Waals surface area contributed by atoms with Gasteiger partial charge in [-0.1, -0.05) is 18.2 Å². The summed E-state index contributed by atoms with van der Waals surface area (Å²) in [6, 6.07) is 15.3. The highest BCUT2D eigenvalue weighted by Gasteiger charge is 2.39. The van der Waals surface area contributed by atoms with Gasteiger partial charge in [-0.2, -0.15) is 0 Å². The second-order valence-electron chi connectivity index (χ2n) is 12.3. The average Bonchev–Trinajstić information content (AvgIpc) is 3.35. The third-order valence-corrected chi connectivity index (χ3v) is 9.18. The monoisotopic (exact) mass is 606 g/mol. The van der Waals surface area contributed by atoms with Crippen LogP contribution in [-0.2, 0) is 22.7 Å². The number of nitrogens with zero attached hydrogens (tertiary/aromatic N) is 5. The maximum Gasteiger partial charge on any atom is 0.255 e. The van der Waals surface area contributed by atoms with E-state index in [0.717, 1.165) is 67.0 Å². The van der Waals surface area contributed by atoms with Crippen LogP contribution in [-0.4, -0.2) is 71.3 Å². The smallest absolute Gasteiger partial charge is 0.255 e. The molecule has 2 fully saturated rings. The number of nitrogens with one attached hydrogen (secondary N) is 1. The molecule has 3 aromatic rings. The molecular weight excluding hydrogens is 568 g/mol. The van der Waals surface area contributed by atoms with Gasteiger partial charge >= 0.3 is 0 Å². The molecule has 2 saturated heterocycles. The van der Waals surface area contributed by atoms with Crippen LogP contribution in [0.5, 0.6) is 0 Å². The lowest BCUT2D eigenvalue weighted by atomic mass is 9.87. The number of pyridine rings is 1. The number of benzene rings is 2. The summed E-state index contributed by atoms with van der Waals surface area (Å²) >= 11 is 0. The maximum absolute atomic E-state index is 13.1. The van der Waals surface area contributed by atoms with E-state index in [2.05, 4.69) is 32.3 Å². The molecular formula is C35H38N6O4. The maximum atomic E-state index is 13.1. The molecule has 1 N–H and O–H groups in total. The van der Waals surface area contributed by atoms with Gasteiger partial charge in [-0.15, -0.1) is 0 Å². The van der Waals surface area contributed by atoms with Crippen molar-refractivity contribution in [1.29, 1.82) is 0 Å². The summed E-state index contributed by atoms with van der Waals surface area (Å²) in [6.45, 7) is 6.93. The molecule has 4 heterocycles. The van der Waals surface area contributed by atoms with Crippen LogP contribution < -0.4 is 10.2 Å². The summed E-state index contributed by atoms with van der Waals surface area (Å²) in [5.41, 5.74) is 7.92. The fourth-order valence-corrected chi connectivity index (χ4v) is 6.71. The zero-order valence-electron chi connectivity index (χ0n) is 26.0. The topological polar surface area (TPSA) is 115 Å². The van der Waals surface area contributed by atoms with Crippen LogP contribution in [0.2, 0.25) is 0 Å². The molecule has 0 aliphatic carbocycles. The van der Waals surface area contributed by atoms with Crippen molar-refractivity contribution in [2.45, 2.75) is 64.6 Å². The van der Waals surface area contributed by atoms with Crippen LogP contribution in [0, 0.1) is 13.8 Å². The van der Waals surface area contributed by atoms with Crippen molar-refractivity contribution in [3.05, 3.63) is 87.7 Å². The third-order valence-electron chi connectivity index (χ3n) is 9.18. The first-order valence-electron chi connectivity index (χ1n) is 15.5. The zero-order chi connectivity index (χ0) is 31.7. The molecule has 45 heavy (non-hydrogen) atoms. The number of fused-ring (bicyclic) bond motifs is 1. The minimum atomic E-state index is -0.600. The molecule has 0 radical (unpaired) electrons. The quantitative estimate of drug-likeness (QED) is 0.174. The van der Waals surface area contributed by atoms with Crippen LogP contribution >= 0.6 is 0 Å². The summed E-state index contributed by atoms with van der Waals surface area (Å²) in [5, 5.41) is 2.36. The number of carbonyl (C=O) groups is 4. The van der Waals surface area contributed by atoms with Gasteiger partial charge in [0.1, 0.15) is 6.04 Å². The first-order valence-corrected chi connectivity index (χ1v) is 15.5. The van der Waals surface area contributed by atoms with E-state index in [4.69, 9.17) is 0 Å². The van der Waals surface area contributed by atoms with Crippen molar-refractivity contribution < 1.29 is 19.2 Å². The molecule has 232 valence electrons. The minimum absolute atomic E-state index is 0.141. The molecule has 3 aliphatic rings. The molecule has 1 aromatic heterocycles. The van der Waals surface area contributed by atoms with Gasteiger partial charge in [0.05, 0.1) is 23.4 Å². The van der Waals surface area contributed by atoms with Gasteiger partial charge in [-0.25, -0.2) is 4.99 Å². The first-order chi connectivity index (χ1) is 21.7. The van der Waals surface area contributed by atoms with E-state index < -0.39 is 6.04 Å². The lowest BCUT2D eigenvalue weighted by molar-refractivity contribution is -0.136. The number of aliphatic imine (C=N–C) groups is 1. The zero-order valence-corrected chi connectivity index (χ0v) is 26.0. The molecule has 2 aromatic carbocycles. The van der Waals surface area contributed by atoms with Gasteiger partial charge in [0.2, 0.25) is 11.8 Å². The van der Waals surface area contributed by atoms with Crippen molar-refractivity contribution in [2.24, 2.45) is 4.99 Å². The normalized spacial score (nSPS) is 19.2. The number of amides is 3. The Morgan fingerprint density at radius 2 is 1.82 bits per heavy atom. The lowest BCUT2D eigenvalue weighted by Crippen LogP contribution is -2.52. The average molecular weight is 607 g/mol. The Hall–Kier alpha value is -4.70. The van der Waals surface area contributed by atoms with Crippen LogP contribution in [0.15, 0.2) is 53.5 Å². The van der Waals surface area contributed by atoms with Crippen molar-refractivity contribution >= 4 is 41.7 Å². The Morgan fingerprint density at radius 3 is 2.56 bits per heavy atom. The Kier molecular flexibility index (Phi) is 8.58. The number of piperidine rings is 2. The Balaban J connectivity index is 1.05. The van der Waals surface area contributed by atoms with Gasteiger partial charge < -0.3 is 9.80 Å². The number of imide groups is 1. The van der Waals surface area contributed by atoms with Crippen molar-refractivity contribution in [2.75, 3.05) is 25.0 Å². The SMILES string of the molecule is Cc1ccc(N(C)C=Nc2ccc(CN3CCC(c4ccc5c(c4)CN(C4CCC(=O)NC4=O)C5=O)CC3)cc2C=O)c(C)n1. The number of likely N-dealkylation sites (tertiary alicyclic amines) is 1. The summed E-state index contributed by atoms with van der Waals surface area (Å²) in [6.07, 6.45) is 5.18. The molecule has 10 nitrogen and oxygen atoms in total. The number of aromatic nitrogens is 1. The standard InChI is InChI=1S/C35H38N6O4/c1-22-4-9-31(23(2)37-22)39(3)21-36-30-8-5-24(16-28(30)20-42)18-40-14-12-25(13-15-40)26-6-7-29-27(17-26)19-41(35(29)45)32-10-11-33(43)38-34(32)44/h4-9,16-17,20-21,25,32H,10-15,18-19H2,1-3H3,(H,38,43,44). The van der Waals surface area contributed by atoms with Crippen molar-refractivity contribution in [1.82, 2.24) is 20.1 Å². The van der Waals surface area contributed by atoms with E-state index in [9.17, 15) is 19.2 Å². The number of hydrogen-bond acceptors (Lipinski definition) is 7. The van der Waals surface area contributed by atoms with E-state index in [1.165, 1.54) is 5.56 Å². The fraction of sp³-hybridized carbons (Fsp3) is 0.371. The minimum Gasteiger partial charge on any atom is -0.334 e. The highest BCUT2D eigenvalue weighted by molar-refractivity contribution is 6.05. The van der Waals surface area contributed by atoms with Gasteiger partial charge in [0, 0.05) is 43.4 Å². The van der Waals surface area contributed by atoms with Gasteiger partial charge in [-0.05, 0) is 99.1 Å². The Bertz CT molecular complexity index is 1690. The Labute approximate surface area is 263 Å². The molecule has 3 amide bonds. The van der Waals surface area contributed by atoms with Crippen LogP contribution in [0.25, 0.3) is 0 Å². The van der Waals surface area contributed by atoms with Gasteiger partial charge in [0.15, 0.2) is 6.29 Å². The van der Waals surface area contributed by atoms with Gasteiger partial charge in [-0.3, -0.25) is 34.4 Å². The highest BCUT2D eigenvalue weighted by atomic mass is 16.2. The molecule has 1 unspecified atom stereocenters. The second kappa shape index (κ2) is 12.7. The van der Waals surface area contributed by atoms with Crippen LogP contribution in [0.3, 0.4) is 0 Å². The predicted octanol–water partition coefficient (Wildman–Crippen LogP) is 4.45. The van der Waals surface area contributed by atoms with E-state index >= 15 is 0 Å². The van der Waals surface area contributed by atoms with Crippen LogP contribution in [0.4, 0.5) is 11.4 Å². The lowest BCUT2D eigenvalue weighted by Gasteiger charge is -2.32.